The number of aromatic nitrogens is 1. The molecule has 0 amide bonds. The first-order valence-electron chi connectivity index (χ1n) is 6.43. The Labute approximate surface area is 103 Å². The molecule has 2 atom stereocenters. The SMILES string of the molecule is Cc1cnc(OC2CC(C)CC(C)C2)c(N)c1. The number of anilines is 1. The molecule has 1 aromatic rings. The van der Waals surface area contributed by atoms with Crippen LogP contribution >= 0.6 is 0 Å². The Morgan fingerprint density at radius 1 is 1.24 bits per heavy atom. The number of aryl methyl sites for hydroxylation is 1. The van der Waals surface area contributed by atoms with Crippen LogP contribution in [0, 0.1) is 18.8 Å². The van der Waals surface area contributed by atoms with Gasteiger partial charge in [-0.25, -0.2) is 4.98 Å². The molecule has 1 aromatic heterocycles. The van der Waals surface area contributed by atoms with Gasteiger partial charge in [0, 0.05) is 6.20 Å². The fourth-order valence-corrected chi connectivity index (χ4v) is 2.80. The molecular formula is C14H22N2O. The molecule has 1 aliphatic rings. The van der Waals surface area contributed by atoms with Crippen molar-refractivity contribution >= 4 is 5.69 Å². The summed E-state index contributed by atoms with van der Waals surface area (Å²) in [6.45, 7) is 6.56. The van der Waals surface area contributed by atoms with Gasteiger partial charge in [-0.15, -0.1) is 0 Å². The summed E-state index contributed by atoms with van der Waals surface area (Å²) in [5.41, 5.74) is 7.64. The Hall–Kier alpha value is -1.25. The molecule has 2 N–H and O–H groups in total. The monoisotopic (exact) mass is 234 g/mol. The second-order valence-corrected chi connectivity index (χ2v) is 5.56. The maximum atomic E-state index is 5.95. The van der Waals surface area contributed by atoms with Crippen LogP contribution in [-0.4, -0.2) is 11.1 Å². The average Bonchev–Trinajstić information content (AvgIpc) is 2.21. The third-order valence-electron chi connectivity index (χ3n) is 3.43. The van der Waals surface area contributed by atoms with Crippen LogP contribution in [0.4, 0.5) is 5.69 Å². The molecular weight excluding hydrogens is 212 g/mol. The molecule has 2 rings (SSSR count). The Bertz CT molecular complexity index is 382. The number of hydrogen-bond donors (Lipinski definition) is 1. The molecule has 17 heavy (non-hydrogen) atoms. The van der Waals surface area contributed by atoms with E-state index in [0.29, 0.717) is 11.6 Å². The number of nitrogens with zero attached hydrogens (tertiary/aromatic N) is 1. The standard InChI is InChI=1S/C14H22N2O/c1-9-4-10(2)6-12(5-9)17-14-13(15)7-11(3)8-16-14/h7-10,12H,4-6,15H2,1-3H3. The minimum atomic E-state index is 0.270. The molecule has 1 aliphatic carbocycles. The van der Waals surface area contributed by atoms with Crippen molar-refractivity contribution in [3.8, 4) is 5.88 Å². The minimum absolute atomic E-state index is 0.270. The van der Waals surface area contributed by atoms with Gasteiger partial charge in [-0.1, -0.05) is 13.8 Å². The van der Waals surface area contributed by atoms with Gasteiger partial charge in [0.25, 0.3) is 0 Å². The molecule has 2 unspecified atom stereocenters. The van der Waals surface area contributed by atoms with E-state index < -0.39 is 0 Å². The van der Waals surface area contributed by atoms with E-state index in [1.807, 2.05) is 13.0 Å². The largest absolute Gasteiger partial charge is 0.473 e. The van der Waals surface area contributed by atoms with Gasteiger partial charge in [0.05, 0.1) is 5.69 Å². The van der Waals surface area contributed by atoms with Crippen LogP contribution < -0.4 is 10.5 Å². The van der Waals surface area contributed by atoms with Gasteiger partial charge in [0.1, 0.15) is 6.10 Å². The van der Waals surface area contributed by atoms with Gasteiger partial charge in [-0.3, -0.25) is 0 Å². The van der Waals surface area contributed by atoms with Crippen molar-refractivity contribution in [2.45, 2.75) is 46.1 Å². The van der Waals surface area contributed by atoms with Gasteiger partial charge in [-0.2, -0.15) is 0 Å². The zero-order valence-electron chi connectivity index (χ0n) is 10.9. The number of pyridine rings is 1. The summed E-state index contributed by atoms with van der Waals surface area (Å²) in [6, 6.07) is 1.91. The maximum Gasteiger partial charge on any atom is 0.237 e. The van der Waals surface area contributed by atoms with Crippen molar-refractivity contribution in [1.29, 1.82) is 0 Å². The highest BCUT2D eigenvalue weighted by molar-refractivity contribution is 5.49. The molecule has 1 heterocycles. The van der Waals surface area contributed by atoms with Gasteiger partial charge >= 0.3 is 0 Å². The van der Waals surface area contributed by atoms with Crippen LogP contribution in [0.3, 0.4) is 0 Å². The molecule has 0 bridgehead atoms. The highest BCUT2D eigenvalue weighted by atomic mass is 16.5. The van der Waals surface area contributed by atoms with Crippen LogP contribution in [0.2, 0.25) is 0 Å². The lowest BCUT2D eigenvalue weighted by molar-refractivity contribution is 0.0974. The normalized spacial score (nSPS) is 29.0. The lowest BCUT2D eigenvalue weighted by atomic mass is 9.82. The van der Waals surface area contributed by atoms with E-state index in [1.54, 1.807) is 6.20 Å². The number of hydrogen-bond acceptors (Lipinski definition) is 3. The van der Waals surface area contributed by atoms with Crippen LogP contribution in [0.25, 0.3) is 0 Å². The van der Waals surface area contributed by atoms with E-state index in [4.69, 9.17) is 10.5 Å². The molecule has 1 fully saturated rings. The Kier molecular flexibility index (Phi) is 3.55. The first kappa shape index (κ1) is 12.2. The Morgan fingerprint density at radius 2 is 1.88 bits per heavy atom. The third-order valence-corrected chi connectivity index (χ3v) is 3.43. The van der Waals surface area contributed by atoms with Gasteiger partial charge < -0.3 is 10.5 Å². The van der Waals surface area contributed by atoms with Crippen LogP contribution in [0.5, 0.6) is 5.88 Å². The van der Waals surface area contributed by atoms with E-state index in [-0.39, 0.29) is 6.10 Å². The summed E-state index contributed by atoms with van der Waals surface area (Å²) in [4.78, 5) is 4.27. The summed E-state index contributed by atoms with van der Waals surface area (Å²) in [7, 11) is 0. The van der Waals surface area contributed by atoms with Crippen molar-refractivity contribution in [1.82, 2.24) is 4.98 Å². The average molecular weight is 234 g/mol. The van der Waals surface area contributed by atoms with Crippen LogP contribution in [-0.2, 0) is 0 Å². The van der Waals surface area contributed by atoms with Crippen molar-refractivity contribution in [2.24, 2.45) is 11.8 Å². The third kappa shape index (κ3) is 3.11. The predicted octanol–water partition coefficient (Wildman–Crippen LogP) is 3.18. The number of nitrogen functional groups attached to an aromatic ring is 1. The predicted molar refractivity (Wildman–Crippen MR) is 70.0 cm³/mol. The molecule has 94 valence electrons. The fraction of sp³-hybridized carbons (Fsp3) is 0.643. The van der Waals surface area contributed by atoms with Gasteiger partial charge in [-0.05, 0) is 49.7 Å². The lowest BCUT2D eigenvalue weighted by Gasteiger charge is -2.31. The Balaban J connectivity index is 2.04. The zero-order valence-corrected chi connectivity index (χ0v) is 10.9. The second kappa shape index (κ2) is 4.94. The summed E-state index contributed by atoms with van der Waals surface area (Å²) in [5, 5.41) is 0. The molecule has 0 radical (unpaired) electrons. The molecule has 1 saturated carbocycles. The number of nitrogens with two attached hydrogens (primary N) is 1. The van der Waals surface area contributed by atoms with Crippen molar-refractivity contribution in [3.05, 3.63) is 17.8 Å². The van der Waals surface area contributed by atoms with E-state index in [9.17, 15) is 0 Å². The molecule has 0 saturated heterocycles. The van der Waals surface area contributed by atoms with Crippen molar-refractivity contribution < 1.29 is 4.74 Å². The molecule has 0 aliphatic heterocycles. The topological polar surface area (TPSA) is 48.1 Å². The lowest BCUT2D eigenvalue weighted by Crippen LogP contribution is -2.29. The molecule has 0 aromatic carbocycles. The smallest absolute Gasteiger partial charge is 0.237 e. The quantitative estimate of drug-likeness (QED) is 0.855. The summed E-state index contributed by atoms with van der Waals surface area (Å²) < 4.78 is 5.95. The zero-order chi connectivity index (χ0) is 12.4. The number of ether oxygens (including phenoxy) is 1. The first-order valence-corrected chi connectivity index (χ1v) is 6.43. The summed E-state index contributed by atoms with van der Waals surface area (Å²) in [5.74, 6) is 2.06. The highest BCUT2D eigenvalue weighted by Crippen LogP contribution is 2.32. The van der Waals surface area contributed by atoms with Gasteiger partial charge in [0.2, 0.25) is 5.88 Å². The van der Waals surface area contributed by atoms with Gasteiger partial charge in [0.15, 0.2) is 0 Å². The van der Waals surface area contributed by atoms with E-state index in [0.717, 1.165) is 30.2 Å². The maximum absolute atomic E-state index is 5.95. The molecule has 0 spiro atoms. The minimum Gasteiger partial charge on any atom is -0.473 e. The summed E-state index contributed by atoms with van der Waals surface area (Å²) >= 11 is 0. The van der Waals surface area contributed by atoms with Crippen molar-refractivity contribution in [2.75, 3.05) is 5.73 Å². The number of rotatable bonds is 2. The highest BCUT2D eigenvalue weighted by Gasteiger charge is 2.25. The Morgan fingerprint density at radius 3 is 2.47 bits per heavy atom. The van der Waals surface area contributed by atoms with Crippen LogP contribution in [0.1, 0.15) is 38.7 Å². The molecule has 3 nitrogen and oxygen atoms in total. The van der Waals surface area contributed by atoms with Crippen molar-refractivity contribution in [3.63, 3.8) is 0 Å². The van der Waals surface area contributed by atoms with E-state index >= 15 is 0 Å². The van der Waals surface area contributed by atoms with Crippen LogP contribution in [0.15, 0.2) is 12.3 Å². The summed E-state index contributed by atoms with van der Waals surface area (Å²) in [6.07, 6.45) is 5.60. The van der Waals surface area contributed by atoms with E-state index in [1.165, 1.54) is 6.42 Å². The molecule has 3 heteroatoms. The fourth-order valence-electron chi connectivity index (χ4n) is 2.80. The first-order chi connectivity index (χ1) is 8.04. The van der Waals surface area contributed by atoms with E-state index in [2.05, 4.69) is 18.8 Å². The second-order valence-electron chi connectivity index (χ2n) is 5.56.